The zero-order valence-electron chi connectivity index (χ0n) is 11.3. The van der Waals surface area contributed by atoms with Crippen molar-refractivity contribution in [3.8, 4) is 0 Å². The minimum atomic E-state index is -0.264. The fourth-order valence-corrected chi connectivity index (χ4v) is 3.01. The summed E-state index contributed by atoms with van der Waals surface area (Å²) in [5, 5.41) is 9.10. The molecule has 2 saturated carbocycles. The van der Waals surface area contributed by atoms with Gasteiger partial charge in [-0.3, -0.25) is 9.59 Å². The van der Waals surface area contributed by atoms with Gasteiger partial charge in [-0.2, -0.15) is 0 Å². The maximum atomic E-state index is 12.6. The van der Waals surface area contributed by atoms with Gasteiger partial charge in [0.25, 0.3) is 0 Å². The first-order chi connectivity index (χ1) is 9.22. The van der Waals surface area contributed by atoms with Crippen LogP contribution < -0.4 is 0 Å². The summed E-state index contributed by atoms with van der Waals surface area (Å²) in [6, 6.07) is 0.0402. The molecule has 3 fully saturated rings. The Balaban J connectivity index is 1.68. The van der Waals surface area contributed by atoms with E-state index in [0.29, 0.717) is 12.6 Å². The van der Waals surface area contributed by atoms with Crippen molar-refractivity contribution >= 4 is 11.8 Å². The molecule has 1 heterocycles. The Bertz CT molecular complexity index is 377. The Morgan fingerprint density at radius 3 is 2.47 bits per heavy atom. The molecule has 5 heteroatoms. The summed E-state index contributed by atoms with van der Waals surface area (Å²) in [5.41, 5.74) is 0. The first-order valence-electron chi connectivity index (χ1n) is 7.44. The van der Waals surface area contributed by atoms with Crippen LogP contribution in [-0.2, 0) is 9.59 Å². The molecule has 0 radical (unpaired) electrons. The Morgan fingerprint density at radius 1 is 1.16 bits per heavy atom. The van der Waals surface area contributed by atoms with Crippen molar-refractivity contribution in [3.05, 3.63) is 0 Å². The van der Waals surface area contributed by atoms with Crippen LogP contribution in [0.3, 0.4) is 0 Å². The number of likely N-dealkylation sites (tertiary alicyclic amines) is 1. The molecule has 3 aliphatic rings. The highest BCUT2D eigenvalue weighted by Crippen LogP contribution is 2.35. The van der Waals surface area contributed by atoms with E-state index in [4.69, 9.17) is 5.11 Å². The molecule has 3 rings (SSSR count). The van der Waals surface area contributed by atoms with E-state index in [9.17, 15) is 9.59 Å². The largest absolute Gasteiger partial charge is 0.395 e. The van der Waals surface area contributed by atoms with E-state index in [0.717, 1.165) is 45.1 Å². The van der Waals surface area contributed by atoms with Crippen molar-refractivity contribution in [2.24, 2.45) is 5.92 Å². The summed E-state index contributed by atoms with van der Waals surface area (Å²) in [4.78, 5) is 28.4. The van der Waals surface area contributed by atoms with Crippen LogP contribution in [0.25, 0.3) is 0 Å². The quantitative estimate of drug-likeness (QED) is 0.782. The Labute approximate surface area is 113 Å². The number of aliphatic hydroxyl groups is 1. The van der Waals surface area contributed by atoms with Gasteiger partial charge in [-0.1, -0.05) is 0 Å². The third-order valence-corrected chi connectivity index (χ3v) is 4.36. The lowest BCUT2D eigenvalue weighted by Gasteiger charge is -2.30. The molecule has 1 aliphatic heterocycles. The van der Waals surface area contributed by atoms with E-state index in [1.807, 2.05) is 0 Å². The van der Waals surface area contributed by atoms with E-state index in [-0.39, 0.29) is 30.4 Å². The molecule has 0 aromatic carbocycles. The lowest BCUT2D eigenvalue weighted by atomic mass is 10.1. The third kappa shape index (κ3) is 2.61. The summed E-state index contributed by atoms with van der Waals surface area (Å²) in [7, 11) is 0. The fraction of sp³-hybridized carbons (Fsp3) is 0.857. The molecule has 5 nitrogen and oxygen atoms in total. The van der Waals surface area contributed by atoms with Crippen LogP contribution in [-0.4, -0.2) is 58.5 Å². The predicted molar refractivity (Wildman–Crippen MR) is 69.3 cm³/mol. The third-order valence-electron chi connectivity index (χ3n) is 4.36. The van der Waals surface area contributed by atoms with Gasteiger partial charge in [-0.05, 0) is 38.5 Å². The number of rotatable bonds is 5. The number of carbonyl (C=O) groups excluding carboxylic acids is 2. The molecule has 19 heavy (non-hydrogen) atoms. The predicted octanol–water partition coefficient (Wildman–Crippen LogP) is 0.371. The van der Waals surface area contributed by atoms with Gasteiger partial charge in [0.05, 0.1) is 6.61 Å². The van der Waals surface area contributed by atoms with Crippen LogP contribution in [0, 0.1) is 5.92 Å². The molecule has 0 bridgehead atoms. The lowest BCUT2D eigenvalue weighted by molar-refractivity contribution is -0.145. The van der Waals surface area contributed by atoms with Crippen LogP contribution >= 0.6 is 0 Å². The molecule has 1 saturated heterocycles. The van der Waals surface area contributed by atoms with Gasteiger partial charge in [0.2, 0.25) is 11.8 Å². The number of aliphatic hydroxyl groups excluding tert-OH is 1. The highest BCUT2D eigenvalue weighted by Gasteiger charge is 2.44. The molecule has 0 spiro atoms. The first-order valence-corrected chi connectivity index (χ1v) is 7.44. The topological polar surface area (TPSA) is 60.9 Å². The van der Waals surface area contributed by atoms with Gasteiger partial charge in [0.15, 0.2) is 0 Å². The lowest BCUT2D eigenvalue weighted by Crippen LogP contribution is -2.49. The van der Waals surface area contributed by atoms with Crippen molar-refractivity contribution in [2.45, 2.75) is 50.6 Å². The molecule has 0 aromatic heterocycles. The SMILES string of the molecule is O=C(C1CCCN1C(=O)C1CC1)N(CCO)C1CC1. The zero-order chi connectivity index (χ0) is 13.4. The fourth-order valence-electron chi connectivity index (χ4n) is 3.01. The molecule has 1 N–H and O–H groups in total. The number of hydrogen-bond acceptors (Lipinski definition) is 3. The van der Waals surface area contributed by atoms with Gasteiger partial charge in [0.1, 0.15) is 6.04 Å². The normalized spacial score (nSPS) is 26.6. The van der Waals surface area contributed by atoms with Gasteiger partial charge in [-0.25, -0.2) is 0 Å². The van der Waals surface area contributed by atoms with Crippen LogP contribution in [0.2, 0.25) is 0 Å². The van der Waals surface area contributed by atoms with Crippen molar-refractivity contribution in [1.82, 2.24) is 9.80 Å². The minimum Gasteiger partial charge on any atom is -0.395 e. The molecule has 0 aromatic rings. The van der Waals surface area contributed by atoms with Crippen LogP contribution in [0.4, 0.5) is 0 Å². The second-order valence-electron chi connectivity index (χ2n) is 5.95. The average Bonchev–Trinajstić information content (AvgIpc) is 3.31. The van der Waals surface area contributed by atoms with Crippen molar-refractivity contribution in [1.29, 1.82) is 0 Å². The second-order valence-corrected chi connectivity index (χ2v) is 5.95. The van der Waals surface area contributed by atoms with Gasteiger partial charge in [-0.15, -0.1) is 0 Å². The maximum Gasteiger partial charge on any atom is 0.245 e. The monoisotopic (exact) mass is 266 g/mol. The van der Waals surface area contributed by atoms with E-state index in [2.05, 4.69) is 0 Å². The Kier molecular flexibility index (Phi) is 3.48. The molecule has 2 amide bonds. The molecular weight excluding hydrogens is 244 g/mol. The van der Waals surface area contributed by atoms with E-state index in [1.165, 1.54) is 0 Å². The van der Waals surface area contributed by atoms with E-state index in [1.54, 1.807) is 9.80 Å². The van der Waals surface area contributed by atoms with Crippen molar-refractivity contribution in [3.63, 3.8) is 0 Å². The first kappa shape index (κ1) is 12.9. The van der Waals surface area contributed by atoms with Crippen LogP contribution in [0.5, 0.6) is 0 Å². The zero-order valence-corrected chi connectivity index (χ0v) is 11.3. The molecular formula is C14H22N2O3. The summed E-state index contributed by atoms with van der Waals surface area (Å²) < 4.78 is 0. The Hall–Kier alpha value is -1.10. The van der Waals surface area contributed by atoms with E-state index >= 15 is 0 Å². The van der Waals surface area contributed by atoms with Crippen molar-refractivity contribution < 1.29 is 14.7 Å². The highest BCUT2D eigenvalue weighted by molar-refractivity contribution is 5.90. The summed E-state index contributed by atoms with van der Waals surface area (Å²) >= 11 is 0. The van der Waals surface area contributed by atoms with Gasteiger partial charge >= 0.3 is 0 Å². The molecule has 106 valence electrons. The van der Waals surface area contributed by atoms with Gasteiger partial charge < -0.3 is 14.9 Å². The average molecular weight is 266 g/mol. The van der Waals surface area contributed by atoms with E-state index < -0.39 is 0 Å². The number of nitrogens with zero attached hydrogens (tertiary/aromatic N) is 2. The van der Waals surface area contributed by atoms with Crippen molar-refractivity contribution in [2.75, 3.05) is 19.7 Å². The standard InChI is InChI=1S/C14H22N2O3/c17-9-8-15(11-5-6-11)14(19)12-2-1-7-16(12)13(18)10-3-4-10/h10-12,17H,1-9H2. The highest BCUT2D eigenvalue weighted by atomic mass is 16.3. The smallest absolute Gasteiger partial charge is 0.245 e. The van der Waals surface area contributed by atoms with Gasteiger partial charge in [0, 0.05) is 25.0 Å². The molecule has 1 unspecified atom stereocenters. The molecule has 1 atom stereocenters. The minimum absolute atomic E-state index is 0.00549. The number of amides is 2. The maximum absolute atomic E-state index is 12.6. The van der Waals surface area contributed by atoms with Crippen LogP contribution in [0.1, 0.15) is 38.5 Å². The number of hydrogen-bond donors (Lipinski definition) is 1. The summed E-state index contributed by atoms with van der Waals surface area (Å²) in [6.07, 6.45) is 5.75. The summed E-state index contributed by atoms with van der Waals surface area (Å²) in [6.45, 7) is 1.14. The molecule has 2 aliphatic carbocycles. The second kappa shape index (κ2) is 5.12. The summed E-state index contributed by atoms with van der Waals surface area (Å²) in [5.74, 6) is 0.416. The van der Waals surface area contributed by atoms with Crippen LogP contribution in [0.15, 0.2) is 0 Å². The number of carbonyl (C=O) groups is 2. The Morgan fingerprint density at radius 2 is 1.89 bits per heavy atom.